The minimum atomic E-state index is -0.0635. The number of benzene rings is 2. The number of hydrogen-bond acceptors (Lipinski definition) is 3. The van der Waals surface area contributed by atoms with Crippen molar-refractivity contribution in [2.75, 3.05) is 19.8 Å². The third kappa shape index (κ3) is 2.65. The zero-order valence-corrected chi connectivity index (χ0v) is 13.3. The summed E-state index contributed by atoms with van der Waals surface area (Å²) in [5.41, 5.74) is 2.50. The van der Waals surface area contributed by atoms with Crippen LogP contribution in [0.1, 0.15) is 22.0 Å². The van der Waals surface area contributed by atoms with Crippen LogP contribution in [0.25, 0.3) is 10.9 Å². The lowest BCUT2D eigenvalue weighted by atomic mass is 10.0. The van der Waals surface area contributed by atoms with Crippen LogP contribution in [0.2, 0.25) is 0 Å². The summed E-state index contributed by atoms with van der Waals surface area (Å²) in [7, 11) is 0. The monoisotopic (exact) mass is 318 g/mol. The van der Waals surface area contributed by atoms with E-state index in [2.05, 4.69) is 4.98 Å². The Labute approximate surface area is 140 Å². The Hall–Kier alpha value is -2.72. The van der Waals surface area contributed by atoms with E-state index < -0.39 is 0 Å². The van der Waals surface area contributed by atoms with E-state index in [9.17, 15) is 4.79 Å². The van der Waals surface area contributed by atoms with Gasteiger partial charge >= 0.3 is 0 Å². The highest BCUT2D eigenvalue weighted by Gasteiger charge is 2.30. The molecular weight excluding hydrogens is 300 g/mol. The van der Waals surface area contributed by atoms with Gasteiger partial charge in [0, 0.05) is 18.1 Å². The standard InChI is InChI=1S/C20H18N2O2/c23-20(17-10-4-8-16-9-5-11-21-19(16)17)22-12-13-24-14-18(22)15-6-2-1-3-7-15/h1-11,18H,12-14H2. The number of rotatable bonds is 2. The van der Waals surface area contributed by atoms with E-state index >= 15 is 0 Å². The Bertz CT molecular complexity index is 858. The molecule has 0 aliphatic carbocycles. The van der Waals surface area contributed by atoms with E-state index in [1.807, 2.05) is 65.6 Å². The highest BCUT2D eigenvalue weighted by atomic mass is 16.5. The fraction of sp³-hybridized carbons (Fsp3) is 0.200. The van der Waals surface area contributed by atoms with E-state index in [0.717, 1.165) is 16.5 Å². The molecule has 1 unspecified atom stereocenters. The average molecular weight is 318 g/mol. The van der Waals surface area contributed by atoms with Gasteiger partial charge in [-0.15, -0.1) is 0 Å². The Morgan fingerprint density at radius 1 is 1.04 bits per heavy atom. The maximum Gasteiger partial charge on any atom is 0.256 e. The summed E-state index contributed by atoms with van der Waals surface area (Å²) in [5.74, 6) is 0.0106. The highest BCUT2D eigenvalue weighted by Crippen LogP contribution is 2.27. The molecule has 1 atom stereocenters. The molecule has 1 aromatic heterocycles. The Kier molecular flexibility index (Phi) is 3.97. The number of nitrogens with zero attached hydrogens (tertiary/aromatic N) is 2. The van der Waals surface area contributed by atoms with Crippen molar-refractivity contribution >= 4 is 16.8 Å². The minimum Gasteiger partial charge on any atom is -0.377 e. The number of hydrogen-bond donors (Lipinski definition) is 0. The first kappa shape index (κ1) is 14.8. The van der Waals surface area contributed by atoms with Gasteiger partial charge in [-0.1, -0.05) is 48.5 Å². The smallest absolute Gasteiger partial charge is 0.256 e. The first-order valence-corrected chi connectivity index (χ1v) is 8.12. The zero-order chi connectivity index (χ0) is 16.4. The summed E-state index contributed by atoms with van der Waals surface area (Å²) >= 11 is 0. The van der Waals surface area contributed by atoms with Gasteiger partial charge in [-0.05, 0) is 17.7 Å². The van der Waals surface area contributed by atoms with Crippen LogP contribution in [0, 0.1) is 0 Å². The molecule has 0 bridgehead atoms. The Morgan fingerprint density at radius 3 is 2.75 bits per heavy atom. The van der Waals surface area contributed by atoms with Gasteiger partial charge in [0.2, 0.25) is 0 Å². The number of fused-ring (bicyclic) bond motifs is 1. The molecule has 1 aliphatic heterocycles. The second-order valence-corrected chi connectivity index (χ2v) is 5.88. The van der Waals surface area contributed by atoms with Gasteiger partial charge in [-0.25, -0.2) is 0 Å². The molecule has 3 aromatic rings. The van der Waals surface area contributed by atoms with Gasteiger partial charge in [0.1, 0.15) is 0 Å². The molecule has 120 valence electrons. The van der Waals surface area contributed by atoms with E-state index in [1.54, 1.807) is 6.20 Å². The molecule has 2 heterocycles. The largest absolute Gasteiger partial charge is 0.377 e. The number of pyridine rings is 1. The molecule has 4 nitrogen and oxygen atoms in total. The first-order chi connectivity index (χ1) is 11.8. The highest BCUT2D eigenvalue weighted by molar-refractivity contribution is 6.05. The van der Waals surface area contributed by atoms with Crippen LogP contribution in [0.15, 0.2) is 66.9 Å². The van der Waals surface area contributed by atoms with Crippen LogP contribution in [-0.4, -0.2) is 35.5 Å². The second kappa shape index (κ2) is 6.42. The molecule has 4 heteroatoms. The third-order valence-electron chi connectivity index (χ3n) is 4.44. The lowest BCUT2D eigenvalue weighted by molar-refractivity contribution is -0.00260. The van der Waals surface area contributed by atoms with Crippen molar-refractivity contribution in [3.63, 3.8) is 0 Å². The van der Waals surface area contributed by atoms with Gasteiger partial charge in [0.05, 0.1) is 30.3 Å². The molecule has 2 aromatic carbocycles. The molecule has 1 fully saturated rings. The molecule has 1 amide bonds. The molecule has 1 saturated heterocycles. The summed E-state index contributed by atoms with van der Waals surface area (Å²) in [5, 5.41) is 0.980. The zero-order valence-electron chi connectivity index (χ0n) is 13.3. The number of amides is 1. The van der Waals surface area contributed by atoms with E-state index in [-0.39, 0.29) is 11.9 Å². The van der Waals surface area contributed by atoms with E-state index in [4.69, 9.17) is 4.74 Å². The normalized spacial score (nSPS) is 17.8. The Balaban J connectivity index is 1.74. The molecule has 1 aliphatic rings. The van der Waals surface area contributed by atoms with Gasteiger partial charge < -0.3 is 9.64 Å². The fourth-order valence-corrected chi connectivity index (χ4v) is 3.23. The molecular formula is C20H18N2O2. The van der Waals surface area contributed by atoms with Crippen LogP contribution >= 0.6 is 0 Å². The number of ether oxygens (including phenoxy) is 1. The number of carbonyl (C=O) groups excluding carboxylic acids is 1. The predicted octanol–water partition coefficient (Wildman–Crippen LogP) is 3.45. The van der Waals surface area contributed by atoms with Gasteiger partial charge in [-0.2, -0.15) is 0 Å². The summed E-state index contributed by atoms with van der Waals surface area (Å²) in [6, 6.07) is 19.6. The quantitative estimate of drug-likeness (QED) is 0.727. The molecule has 4 rings (SSSR count). The molecule has 24 heavy (non-hydrogen) atoms. The van der Waals surface area contributed by atoms with Crippen LogP contribution in [-0.2, 0) is 4.74 Å². The average Bonchev–Trinajstić information content (AvgIpc) is 2.68. The lowest BCUT2D eigenvalue weighted by Crippen LogP contribution is -2.43. The van der Waals surface area contributed by atoms with Crippen LogP contribution in [0.4, 0.5) is 0 Å². The number of aromatic nitrogens is 1. The number of morpholine rings is 1. The summed E-state index contributed by atoms with van der Waals surface area (Å²) in [6.07, 6.45) is 1.73. The Morgan fingerprint density at radius 2 is 1.88 bits per heavy atom. The number of para-hydroxylation sites is 1. The van der Waals surface area contributed by atoms with Crippen molar-refractivity contribution in [1.82, 2.24) is 9.88 Å². The van der Waals surface area contributed by atoms with Gasteiger partial charge in [0.25, 0.3) is 5.91 Å². The predicted molar refractivity (Wildman–Crippen MR) is 92.8 cm³/mol. The first-order valence-electron chi connectivity index (χ1n) is 8.12. The van der Waals surface area contributed by atoms with Crippen molar-refractivity contribution in [2.24, 2.45) is 0 Å². The topological polar surface area (TPSA) is 42.4 Å². The third-order valence-corrected chi connectivity index (χ3v) is 4.44. The van der Waals surface area contributed by atoms with Crippen molar-refractivity contribution in [2.45, 2.75) is 6.04 Å². The second-order valence-electron chi connectivity index (χ2n) is 5.88. The SMILES string of the molecule is O=C(c1cccc2cccnc12)N1CCOCC1c1ccccc1. The summed E-state index contributed by atoms with van der Waals surface area (Å²) in [4.78, 5) is 19.5. The van der Waals surface area contributed by atoms with Crippen molar-refractivity contribution in [1.29, 1.82) is 0 Å². The van der Waals surface area contributed by atoms with Gasteiger partial charge in [-0.3, -0.25) is 9.78 Å². The minimum absolute atomic E-state index is 0.0106. The number of carbonyl (C=O) groups is 1. The lowest BCUT2D eigenvalue weighted by Gasteiger charge is -2.36. The van der Waals surface area contributed by atoms with Crippen LogP contribution in [0.5, 0.6) is 0 Å². The van der Waals surface area contributed by atoms with Crippen LogP contribution < -0.4 is 0 Å². The maximum absolute atomic E-state index is 13.2. The van der Waals surface area contributed by atoms with Crippen molar-refractivity contribution in [3.8, 4) is 0 Å². The maximum atomic E-state index is 13.2. The summed E-state index contributed by atoms with van der Waals surface area (Å²) < 4.78 is 5.63. The molecule has 0 N–H and O–H groups in total. The van der Waals surface area contributed by atoms with Gasteiger partial charge in [0.15, 0.2) is 0 Å². The van der Waals surface area contributed by atoms with Crippen molar-refractivity contribution in [3.05, 3.63) is 78.0 Å². The van der Waals surface area contributed by atoms with E-state index in [1.165, 1.54) is 0 Å². The van der Waals surface area contributed by atoms with Crippen LogP contribution in [0.3, 0.4) is 0 Å². The fourth-order valence-electron chi connectivity index (χ4n) is 3.23. The summed E-state index contributed by atoms with van der Waals surface area (Å²) in [6.45, 7) is 1.67. The van der Waals surface area contributed by atoms with Crippen molar-refractivity contribution < 1.29 is 9.53 Å². The molecule has 0 saturated carbocycles. The molecule has 0 radical (unpaired) electrons. The van der Waals surface area contributed by atoms with E-state index in [0.29, 0.717) is 25.3 Å². The molecule has 0 spiro atoms.